The van der Waals surface area contributed by atoms with Crippen LogP contribution < -0.4 is 16.8 Å². The molecule has 0 aliphatic rings. The molecule has 0 bridgehead atoms. The standard InChI is InChI=1S/C9H4BrF3N2O.C7H7BrN2O/c10-6-3-5(4-14)1-2-7(6)15-8(16)9(11,12)13;8-5-3-4(7(10)11)1-2-6(5)9/h1-3H,(H,15,16);1-3H,9H2,(H2,10,11). The van der Waals surface area contributed by atoms with Crippen LogP contribution in [0, 0.1) is 11.3 Å². The molecular weight excluding hydrogens is 497 g/mol. The molecule has 2 aromatic rings. The van der Waals surface area contributed by atoms with Crippen molar-refractivity contribution in [1.29, 1.82) is 5.26 Å². The van der Waals surface area contributed by atoms with Crippen molar-refractivity contribution >= 4 is 55.0 Å². The summed E-state index contributed by atoms with van der Waals surface area (Å²) in [5, 5.41) is 10.2. The van der Waals surface area contributed by atoms with Gasteiger partial charge < -0.3 is 16.8 Å². The second-order valence-corrected chi connectivity index (χ2v) is 6.57. The molecule has 0 radical (unpaired) electrons. The predicted molar refractivity (Wildman–Crippen MR) is 101 cm³/mol. The number of halogens is 5. The molecule has 142 valence electrons. The van der Waals surface area contributed by atoms with Crippen LogP contribution in [0.15, 0.2) is 45.3 Å². The Kier molecular flexibility index (Phi) is 7.81. The Balaban J connectivity index is 0.000000289. The van der Waals surface area contributed by atoms with Crippen molar-refractivity contribution in [2.24, 2.45) is 5.73 Å². The summed E-state index contributed by atoms with van der Waals surface area (Å²) >= 11 is 6.13. The fourth-order valence-electron chi connectivity index (χ4n) is 1.56. The van der Waals surface area contributed by atoms with Gasteiger partial charge in [-0.15, -0.1) is 0 Å². The summed E-state index contributed by atoms with van der Waals surface area (Å²) in [6, 6.07) is 10.5. The van der Waals surface area contributed by atoms with Gasteiger partial charge in [-0.2, -0.15) is 18.4 Å². The Morgan fingerprint density at radius 2 is 1.70 bits per heavy atom. The monoisotopic (exact) mass is 506 g/mol. The third-order valence-electron chi connectivity index (χ3n) is 2.89. The van der Waals surface area contributed by atoms with Crippen LogP contribution >= 0.6 is 31.9 Å². The van der Waals surface area contributed by atoms with E-state index in [1.165, 1.54) is 18.2 Å². The highest BCUT2D eigenvalue weighted by Crippen LogP contribution is 2.26. The van der Waals surface area contributed by atoms with E-state index in [1.807, 2.05) is 6.07 Å². The highest BCUT2D eigenvalue weighted by molar-refractivity contribution is 9.11. The van der Waals surface area contributed by atoms with Crippen molar-refractivity contribution in [3.05, 3.63) is 56.5 Å². The summed E-state index contributed by atoms with van der Waals surface area (Å²) < 4.78 is 36.7. The van der Waals surface area contributed by atoms with Gasteiger partial charge in [0.2, 0.25) is 5.91 Å². The average molecular weight is 508 g/mol. The number of benzene rings is 2. The average Bonchev–Trinajstić information content (AvgIpc) is 2.58. The van der Waals surface area contributed by atoms with Gasteiger partial charge >= 0.3 is 12.1 Å². The fraction of sp³-hybridized carbons (Fsp3) is 0.0625. The maximum atomic E-state index is 11.9. The first-order valence-corrected chi connectivity index (χ1v) is 8.47. The van der Waals surface area contributed by atoms with Gasteiger partial charge in [0, 0.05) is 20.2 Å². The van der Waals surface area contributed by atoms with Gasteiger partial charge in [-0.3, -0.25) is 9.59 Å². The number of hydrogen-bond acceptors (Lipinski definition) is 4. The molecule has 11 heteroatoms. The Bertz CT molecular complexity index is 912. The Hall–Kier alpha value is -2.58. The largest absolute Gasteiger partial charge is 0.471 e. The van der Waals surface area contributed by atoms with Gasteiger partial charge in [0.15, 0.2) is 0 Å². The number of nitriles is 1. The van der Waals surface area contributed by atoms with E-state index in [0.29, 0.717) is 15.7 Å². The molecule has 0 aliphatic heterocycles. The molecule has 0 saturated heterocycles. The van der Waals surface area contributed by atoms with Crippen LogP contribution in [0.5, 0.6) is 0 Å². The summed E-state index contributed by atoms with van der Waals surface area (Å²) in [7, 11) is 0. The van der Waals surface area contributed by atoms with Crippen molar-refractivity contribution < 1.29 is 22.8 Å². The second-order valence-electron chi connectivity index (χ2n) is 4.86. The number of rotatable bonds is 2. The highest BCUT2D eigenvalue weighted by Gasteiger charge is 2.38. The van der Waals surface area contributed by atoms with E-state index in [0.717, 1.165) is 0 Å². The fourth-order valence-corrected chi connectivity index (χ4v) is 2.42. The lowest BCUT2D eigenvalue weighted by molar-refractivity contribution is -0.167. The van der Waals surface area contributed by atoms with Gasteiger partial charge in [0.25, 0.3) is 0 Å². The SMILES string of the molecule is N#Cc1ccc(NC(=O)C(F)(F)F)c(Br)c1.NC(=O)c1ccc(N)c(Br)c1. The van der Waals surface area contributed by atoms with Crippen molar-refractivity contribution in [2.45, 2.75) is 6.18 Å². The first-order chi connectivity index (χ1) is 12.5. The van der Waals surface area contributed by atoms with Crippen LogP contribution in [-0.2, 0) is 4.79 Å². The summed E-state index contributed by atoms with van der Waals surface area (Å²) in [4.78, 5) is 21.2. The zero-order valence-corrected chi connectivity index (χ0v) is 16.4. The van der Waals surface area contributed by atoms with Crippen LogP contribution in [0.4, 0.5) is 24.5 Å². The van der Waals surface area contributed by atoms with Crippen LogP contribution in [0.2, 0.25) is 0 Å². The number of primary amides is 1. The second kappa shape index (κ2) is 9.38. The minimum atomic E-state index is -4.94. The van der Waals surface area contributed by atoms with Crippen LogP contribution in [-0.4, -0.2) is 18.0 Å². The molecule has 0 unspecified atom stereocenters. The summed E-state index contributed by atoms with van der Waals surface area (Å²) in [5.74, 6) is -2.51. The van der Waals surface area contributed by atoms with Gasteiger partial charge in [0.1, 0.15) is 0 Å². The van der Waals surface area contributed by atoms with Crippen LogP contribution in [0.3, 0.4) is 0 Å². The normalized spacial score (nSPS) is 10.2. The number of alkyl halides is 3. The lowest BCUT2D eigenvalue weighted by Crippen LogP contribution is -2.30. The molecule has 2 amide bonds. The number of nitrogens with two attached hydrogens (primary N) is 2. The molecule has 5 N–H and O–H groups in total. The molecule has 0 heterocycles. The minimum Gasteiger partial charge on any atom is -0.398 e. The van der Waals surface area contributed by atoms with E-state index in [4.69, 9.17) is 16.7 Å². The van der Waals surface area contributed by atoms with Crippen molar-refractivity contribution in [3.63, 3.8) is 0 Å². The van der Waals surface area contributed by atoms with E-state index in [9.17, 15) is 22.8 Å². The molecule has 0 spiro atoms. The number of hydrogen-bond donors (Lipinski definition) is 3. The minimum absolute atomic E-state index is 0.0404. The molecule has 0 saturated carbocycles. The first-order valence-electron chi connectivity index (χ1n) is 6.88. The Labute approximate surface area is 168 Å². The molecule has 0 aromatic heterocycles. The summed E-state index contributed by atoms with van der Waals surface area (Å²) in [6.45, 7) is 0. The molecule has 27 heavy (non-hydrogen) atoms. The van der Waals surface area contributed by atoms with Gasteiger partial charge in [-0.1, -0.05) is 0 Å². The van der Waals surface area contributed by atoms with Crippen LogP contribution in [0.1, 0.15) is 15.9 Å². The van der Waals surface area contributed by atoms with Gasteiger partial charge in [0.05, 0.1) is 17.3 Å². The van der Waals surface area contributed by atoms with Crippen molar-refractivity contribution in [1.82, 2.24) is 0 Å². The Morgan fingerprint density at radius 3 is 2.15 bits per heavy atom. The molecule has 2 aromatic carbocycles. The number of nitrogens with one attached hydrogen (secondary N) is 1. The third kappa shape index (κ3) is 6.92. The number of carbonyl (C=O) groups is 2. The highest BCUT2D eigenvalue weighted by atomic mass is 79.9. The van der Waals surface area contributed by atoms with E-state index in [2.05, 4.69) is 31.9 Å². The predicted octanol–water partition coefficient (Wildman–Crippen LogP) is 3.95. The Morgan fingerprint density at radius 1 is 1.07 bits per heavy atom. The van der Waals surface area contributed by atoms with E-state index < -0.39 is 18.0 Å². The van der Waals surface area contributed by atoms with Crippen molar-refractivity contribution in [3.8, 4) is 6.07 Å². The molecular formula is C16H11Br2F3N4O2. The third-order valence-corrected chi connectivity index (χ3v) is 4.23. The topological polar surface area (TPSA) is 122 Å². The molecule has 6 nitrogen and oxygen atoms in total. The van der Waals surface area contributed by atoms with Gasteiger partial charge in [-0.05, 0) is 68.3 Å². The lowest BCUT2D eigenvalue weighted by atomic mass is 10.2. The van der Waals surface area contributed by atoms with Gasteiger partial charge in [-0.25, -0.2) is 0 Å². The summed E-state index contributed by atoms with van der Waals surface area (Å²) in [6.07, 6.45) is -4.94. The lowest BCUT2D eigenvalue weighted by Gasteiger charge is -2.09. The maximum Gasteiger partial charge on any atom is 0.471 e. The molecule has 0 atom stereocenters. The zero-order valence-electron chi connectivity index (χ0n) is 13.3. The quantitative estimate of drug-likeness (QED) is 0.532. The first kappa shape index (κ1) is 22.5. The number of carbonyl (C=O) groups excluding carboxylic acids is 2. The maximum absolute atomic E-state index is 11.9. The van der Waals surface area contributed by atoms with Crippen LogP contribution in [0.25, 0.3) is 0 Å². The van der Waals surface area contributed by atoms with E-state index >= 15 is 0 Å². The molecule has 0 fully saturated rings. The van der Waals surface area contributed by atoms with E-state index in [-0.39, 0.29) is 15.7 Å². The van der Waals surface area contributed by atoms with Crippen molar-refractivity contribution in [2.75, 3.05) is 11.1 Å². The molecule has 2 rings (SSSR count). The van der Waals surface area contributed by atoms with E-state index in [1.54, 1.807) is 23.5 Å². The number of nitrogens with zero attached hydrogens (tertiary/aromatic N) is 1. The summed E-state index contributed by atoms with van der Waals surface area (Å²) in [5.41, 5.74) is 11.8. The number of anilines is 2. The molecule has 0 aliphatic carbocycles. The smallest absolute Gasteiger partial charge is 0.398 e. The number of nitrogen functional groups attached to an aromatic ring is 1. The zero-order chi connectivity index (χ0) is 20.8. The number of amides is 2.